The molecule has 3 atom stereocenters. The van der Waals surface area contributed by atoms with Crippen molar-refractivity contribution in [1.29, 1.82) is 10.5 Å². The van der Waals surface area contributed by atoms with Gasteiger partial charge in [0.1, 0.15) is 34.4 Å². The maximum absolute atomic E-state index is 14.3. The number of rotatable bonds is 6. The number of nitrogens with zero attached hydrogens (tertiary/aromatic N) is 4. The molecule has 1 aromatic carbocycles. The van der Waals surface area contributed by atoms with E-state index in [0.717, 1.165) is 11.8 Å². The molecule has 4 N–H and O–H groups in total. The van der Waals surface area contributed by atoms with Gasteiger partial charge in [-0.3, -0.25) is 4.79 Å². The number of alkyl halides is 1. The zero-order chi connectivity index (χ0) is 22.5. The second-order valence-corrected chi connectivity index (χ2v) is 8.37. The molecule has 160 valence electrons. The van der Waals surface area contributed by atoms with Gasteiger partial charge in [0.25, 0.3) is 0 Å². The number of carbonyl (C=O) groups is 1. The average molecular weight is 439 g/mol. The summed E-state index contributed by atoms with van der Waals surface area (Å²) >= 11 is 1.07. The normalized spacial score (nSPS) is 19.3. The Labute approximate surface area is 184 Å². The van der Waals surface area contributed by atoms with Crippen LogP contribution in [0, 0.1) is 22.7 Å². The lowest BCUT2D eigenvalue weighted by Crippen LogP contribution is -2.49. The van der Waals surface area contributed by atoms with Gasteiger partial charge in [-0.15, -0.1) is 0 Å². The Morgan fingerprint density at radius 3 is 2.55 bits per heavy atom. The van der Waals surface area contributed by atoms with Crippen LogP contribution in [0.25, 0.3) is 0 Å². The summed E-state index contributed by atoms with van der Waals surface area (Å²) in [6.45, 7) is 2.29. The highest BCUT2D eigenvalue weighted by molar-refractivity contribution is 8.00. The molecule has 1 aromatic heterocycles. The van der Waals surface area contributed by atoms with Crippen LogP contribution in [-0.2, 0) is 11.2 Å². The molecule has 1 aliphatic rings. The van der Waals surface area contributed by atoms with E-state index in [1.165, 1.54) is 0 Å². The third kappa shape index (κ3) is 4.63. The highest BCUT2D eigenvalue weighted by Gasteiger charge is 2.31. The zero-order valence-electron chi connectivity index (χ0n) is 17.1. The first kappa shape index (κ1) is 22.5. The number of carbonyl (C=O) groups excluding carboxylic acids is 1. The number of thioether (sulfide) groups is 1. The first-order valence-corrected chi connectivity index (χ1v) is 10.8. The fraction of sp³-hybridized carbons (Fsp3) is 0.364. The van der Waals surface area contributed by atoms with Crippen molar-refractivity contribution < 1.29 is 9.18 Å². The monoisotopic (exact) mass is 438 g/mol. The van der Waals surface area contributed by atoms with Gasteiger partial charge in [-0.2, -0.15) is 10.5 Å². The number of benzene rings is 1. The maximum Gasteiger partial charge on any atom is 0.235 e. The Morgan fingerprint density at radius 1 is 1.32 bits per heavy atom. The Balaban J connectivity index is 2.12. The van der Waals surface area contributed by atoms with Crippen LogP contribution in [0.2, 0.25) is 0 Å². The quantitative estimate of drug-likeness (QED) is 0.662. The number of hydrogen-bond donors (Lipinski definition) is 2. The van der Waals surface area contributed by atoms with Crippen molar-refractivity contribution in [2.45, 2.75) is 42.3 Å². The molecule has 0 spiro atoms. The van der Waals surface area contributed by atoms with Crippen molar-refractivity contribution in [3.8, 4) is 12.1 Å². The van der Waals surface area contributed by atoms with Crippen LogP contribution in [0.3, 0.4) is 0 Å². The van der Waals surface area contributed by atoms with Gasteiger partial charge in [0.05, 0.1) is 17.7 Å². The van der Waals surface area contributed by atoms with Gasteiger partial charge in [-0.1, -0.05) is 49.0 Å². The van der Waals surface area contributed by atoms with Crippen LogP contribution in [-0.4, -0.2) is 36.2 Å². The smallest absolute Gasteiger partial charge is 0.235 e. The number of anilines is 1. The summed E-state index contributed by atoms with van der Waals surface area (Å²) in [6.07, 6.45) is -0.416. The van der Waals surface area contributed by atoms with Gasteiger partial charge in [-0.05, 0) is 24.0 Å². The predicted octanol–water partition coefficient (Wildman–Crippen LogP) is 2.58. The van der Waals surface area contributed by atoms with Gasteiger partial charge in [-0.25, -0.2) is 9.37 Å². The molecular weight excluding hydrogens is 415 g/mol. The van der Waals surface area contributed by atoms with Crippen molar-refractivity contribution in [3.05, 3.63) is 52.6 Å². The average Bonchev–Trinajstić information content (AvgIpc) is 2.78. The molecular formula is C22H23FN6OS. The zero-order valence-corrected chi connectivity index (χ0v) is 17.9. The van der Waals surface area contributed by atoms with E-state index in [0.29, 0.717) is 41.4 Å². The van der Waals surface area contributed by atoms with Crippen LogP contribution in [0.4, 0.5) is 10.2 Å². The Morgan fingerprint density at radius 2 is 2.00 bits per heavy atom. The van der Waals surface area contributed by atoms with Crippen LogP contribution >= 0.6 is 11.8 Å². The van der Waals surface area contributed by atoms with E-state index in [4.69, 9.17) is 11.5 Å². The maximum atomic E-state index is 14.3. The van der Waals surface area contributed by atoms with Crippen LogP contribution in [0.15, 0.2) is 35.4 Å². The molecule has 0 unspecified atom stereocenters. The van der Waals surface area contributed by atoms with Gasteiger partial charge in [0.2, 0.25) is 5.91 Å². The van der Waals surface area contributed by atoms with Crippen LogP contribution < -0.4 is 16.4 Å². The molecule has 1 amide bonds. The minimum absolute atomic E-state index is 0.0138. The molecule has 1 fully saturated rings. The lowest BCUT2D eigenvalue weighted by molar-refractivity contribution is -0.117. The summed E-state index contributed by atoms with van der Waals surface area (Å²) in [4.78, 5) is 18.5. The summed E-state index contributed by atoms with van der Waals surface area (Å²) in [7, 11) is 0. The Hall–Kier alpha value is -3.14. The molecule has 9 heteroatoms. The van der Waals surface area contributed by atoms with Gasteiger partial charge in [0.15, 0.2) is 0 Å². The van der Waals surface area contributed by atoms with Gasteiger partial charge in [0, 0.05) is 12.6 Å². The number of piperidine rings is 1. The van der Waals surface area contributed by atoms with Crippen molar-refractivity contribution in [2.75, 3.05) is 18.0 Å². The highest BCUT2D eigenvalue weighted by Crippen LogP contribution is 2.39. The lowest BCUT2D eigenvalue weighted by atomic mass is 9.99. The van der Waals surface area contributed by atoms with Crippen molar-refractivity contribution in [3.63, 3.8) is 0 Å². The third-order valence-electron chi connectivity index (χ3n) is 5.31. The summed E-state index contributed by atoms with van der Waals surface area (Å²) in [5, 5.41) is 19.2. The van der Waals surface area contributed by atoms with E-state index in [9.17, 15) is 19.7 Å². The number of pyridine rings is 1. The molecule has 2 aromatic rings. The number of amides is 1. The summed E-state index contributed by atoms with van der Waals surface area (Å²) in [5.41, 5.74) is 13.1. The van der Waals surface area contributed by atoms with E-state index in [2.05, 4.69) is 17.1 Å². The molecule has 1 aliphatic heterocycles. The fourth-order valence-corrected chi connectivity index (χ4v) is 4.70. The van der Waals surface area contributed by atoms with Crippen LogP contribution in [0.5, 0.6) is 0 Å². The fourth-order valence-electron chi connectivity index (χ4n) is 3.64. The lowest BCUT2D eigenvalue weighted by Gasteiger charge is -2.34. The number of nitriles is 2. The van der Waals surface area contributed by atoms with Crippen molar-refractivity contribution in [1.82, 2.24) is 4.98 Å². The molecule has 0 radical (unpaired) electrons. The van der Waals surface area contributed by atoms with E-state index in [1.807, 2.05) is 13.0 Å². The topological polar surface area (TPSA) is 133 Å². The molecule has 0 saturated carbocycles. The first-order valence-electron chi connectivity index (χ1n) is 9.93. The number of primary amides is 1. The number of hydrogen-bond acceptors (Lipinski definition) is 7. The number of nitrogens with two attached hydrogens (primary N) is 2. The van der Waals surface area contributed by atoms with E-state index >= 15 is 0 Å². The third-order valence-corrected chi connectivity index (χ3v) is 6.57. The van der Waals surface area contributed by atoms with Crippen molar-refractivity contribution in [2.24, 2.45) is 11.5 Å². The number of halogens is 1. The van der Waals surface area contributed by atoms with E-state index in [1.54, 1.807) is 29.2 Å². The second-order valence-electron chi connectivity index (χ2n) is 7.27. The molecule has 31 heavy (non-hydrogen) atoms. The van der Waals surface area contributed by atoms with Gasteiger partial charge < -0.3 is 16.4 Å². The summed E-state index contributed by atoms with van der Waals surface area (Å²) in [5.74, 6) is -0.259. The molecule has 0 aliphatic carbocycles. The van der Waals surface area contributed by atoms with Crippen LogP contribution in [0.1, 0.15) is 40.8 Å². The molecule has 1 saturated heterocycles. The SMILES string of the molecule is CCc1c(C#N)c(S[C@@H](C(N)=O)c2ccccc2)nc(N2CC[C@@H](N)[C@H](F)C2)c1C#N. The Bertz CT molecular complexity index is 1050. The second kappa shape index (κ2) is 9.78. The van der Waals surface area contributed by atoms with Crippen molar-refractivity contribution >= 4 is 23.5 Å². The molecule has 0 bridgehead atoms. The van der Waals surface area contributed by atoms with E-state index < -0.39 is 23.4 Å². The standard InChI is InChI=1S/C22H23FN6OS/c1-2-14-15(10-24)21(29-9-8-18(26)17(23)12-29)28-22(16(14)11-25)31-19(20(27)30)13-6-4-3-5-7-13/h3-7,17-19H,2,8-9,12,26H2,1H3,(H2,27,30)/t17-,18-,19-/m1/s1. The number of aromatic nitrogens is 1. The molecule has 2 heterocycles. The summed E-state index contributed by atoms with van der Waals surface area (Å²) in [6, 6.07) is 12.7. The minimum Gasteiger partial charge on any atom is -0.368 e. The first-order chi connectivity index (χ1) is 14.9. The van der Waals surface area contributed by atoms with Gasteiger partial charge >= 0.3 is 0 Å². The molecule has 7 nitrogen and oxygen atoms in total. The minimum atomic E-state index is -1.25. The van der Waals surface area contributed by atoms with E-state index in [-0.39, 0.29) is 17.7 Å². The summed E-state index contributed by atoms with van der Waals surface area (Å²) < 4.78 is 14.3. The highest BCUT2D eigenvalue weighted by atomic mass is 32.2. The predicted molar refractivity (Wildman–Crippen MR) is 117 cm³/mol. The molecule has 3 rings (SSSR count). The Kier molecular flexibility index (Phi) is 7.11. The largest absolute Gasteiger partial charge is 0.368 e.